The van der Waals surface area contributed by atoms with Crippen molar-refractivity contribution in [1.29, 1.82) is 0 Å². The van der Waals surface area contributed by atoms with Crippen LogP contribution in [0.5, 0.6) is 0 Å². The first-order valence-electron chi connectivity index (χ1n) is 2.75. The van der Waals surface area contributed by atoms with Gasteiger partial charge in [0.1, 0.15) is 0 Å². The number of carbonyl (C=O) groups excluding carboxylic acids is 1. The smallest absolute Gasteiger partial charge is 0.244 e. The third kappa shape index (κ3) is 1.45. The molecule has 0 saturated carbocycles. The monoisotopic (exact) mass is 124 g/mol. The first-order valence-corrected chi connectivity index (χ1v) is 2.75. The Bertz CT molecular complexity index is 173. The van der Waals surface area contributed by atoms with Crippen LogP contribution in [0, 0.1) is 5.41 Å². The van der Waals surface area contributed by atoms with Gasteiger partial charge in [-0.1, -0.05) is 0 Å². The molecular weight excluding hydrogens is 116 g/mol. The molecule has 1 heterocycles. The Kier molecular flexibility index (Phi) is 1.20. The first-order chi connectivity index (χ1) is 4.10. The Labute approximate surface area is 53.5 Å². The van der Waals surface area contributed by atoms with Gasteiger partial charge in [0.15, 0.2) is 0 Å². The molecule has 0 aromatic rings. The summed E-state index contributed by atoms with van der Waals surface area (Å²) in [6, 6.07) is -0.408. The van der Waals surface area contributed by atoms with Crippen LogP contribution in [0.3, 0.4) is 0 Å². The zero-order valence-electron chi connectivity index (χ0n) is 5.46. The minimum Gasteiger partial charge on any atom is -0.244 e. The molecule has 3 nitrogen and oxygen atoms in total. The minimum atomic E-state index is -0.408. The molecule has 0 spiro atoms. The number of aliphatic imine (C=N–C) groups is 2. The Balaban J connectivity index is 2.82. The normalized spacial score (nSPS) is 22.7. The quantitative estimate of drug-likeness (QED) is 0.479. The van der Waals surface area contributed by atoms with E-state index in [4.69, 9.17) is 0 Å². The molecule has 2 amide bonds. The third-order valence-corrected chi connectivity index (χ3v) is 1.02. The fourth-order valence-corrected chi connectivity index (χ4v) is 0.510. The minimum absolute atomic E-state index is 0.145. The lowest BCUT2D eigenvalue weighted by molar-refractivity contribution is 0.256. The zero-order valence-corrected chi connectivity index (χ0v) is 5.46. The van der Waals surface area contributed by atoms with E-state index >= 15 is 0 Å². The highest BCUT2D eigenvalue weighted by Gasteiger charge is 2.15. The maximum absolute atomic E-state index is 10.4. The fourth-order valence-electron chi connectivity index (χ4n) is 0.510. The highest BCUT2D eigenvalue weighted by molar-refractivity contribution is 6.02. The molecule has 0 aliphatic carbocycles. The van der Waals surface area contributed by atoms with Gasteiger partial charge in [-0.15, -0.1) is 0 Å². The standard InChI is InChI=1S/C6H8N2O/c1-6(2)3-7-5(9)8-4-6/h3-4H,1-2H3. The van der Waals surface area contributed by atoms with Crippen LogP contribution < -0.4 is 0 Å². The van der Waals surface area contributed by atoms with Gasteiger partial charge in [-0.3, -0.25) is 0 Å². The molecule has 0 saturated heterocycles. The summed E-state index contributed by atoms with van der Waals surface area (Å²) in [6.07, 6.45) is 3.20. The van der Waals surface area contributed by atoms with Crippen molar-refractivity contribution in [2.75, 3.05) is 0 Å². The molecule has 0 bridgehead atoms. The van der Waals surface area contributed by atoms with Gasteiger partial charge in [0.05, 0.1) is 0 Å². The second-order valence-corrected chi connectivity index (χ2v) is 2.62. The van der Waals surface area contributed by atoms with E-state index in [-0.39, 0.29) is 5.41 Å². The molecule has 0 atom stereocenters. The zero-order chi connectivity index (χ0) is 6.91. The fraction of sp³-hybridized carbons (Fsp3) is 0.500. The molecule has 0 unspecified atom stereocenters. The van der Waals surface area contributed by atoms with Gasteiger partial charge in [0.25, 0.3) is 0 Å². The summed E-state index contributed by atoms with van der Waals surface area (Å²) in [6.45, 7) is 3.87. The van der Waals surface area contributed by atoms with Crippen molar-refractivity contribution in [1.82, 2.24) is 0 Å². The Morgan fingerprint density at radius 1 is 1.33 bits per heavy atom. The molecule has 1 aliphatic heterocycles. The summed E-state index contributed by atoms with van der Waals surface area (Å²) in [5, 5.41) is 0. The van der Waals surface area contributed by atoms with Crippen molar-refractivity contribution in [2.45, 2.75) is 13.8 Å². The molecule has 0 aromatic heterocycles. The number of amides is 2. The van der Waals surface area contributed by atoms with Gasteiger partial charge in [-0.05, 0) is 13.8 Å². The summed E-state index contributed by atoms with van der Waals surface area (Å²) >= 11 is 0. The molecule has 3 heteroatoms. The van der Waals surface area contributed by atoms with E-state index in [9.17, 15) is 4.79 Å². The lowest BCUT2D eigenvalue weighted by Gasteiger charge is -2.13. The maximum Gasteiger partial charge on any atom is 0.366 e. The topological polar surface area (TPSA) is 41.8 Å². The predicted molar refractivity (Wildman–Crippen MR) is 36.2 cm³/mol. The molecule has 0 aromatic carbocycles. The molecule has 0 fully saturated rings. The highest BCUT2D eigenvalue weighted by Crippen LogP contribution is 2.11. The van der Waals surface area contributed by atoms with Crippen LogP contribution in [0.2, 0.25) is 0 Å². The second kappa shape index (κ2) is 1.76. The number of nitrogens with zero attached hydrogens (tertiary/aromatic N) is 2. The Hall–Kier alpha value is -0.990. The largest absolute Gasteiger partial charge is 0.366 e. The Morgan fingerprint density at radius 3 is 2.11 bits per heavy atom. The molecule has 1 aliphatic rings. The lowest BCUT2D eigenvalue weighted by atomic mass is 9.97. The Morgan fingerprint density at radius 2 is 1.78 bits per heavy atom. The van der Waals surface area contributed by atoms with Crippen LogP contribution in [-0.2, 0) is 0 Å². The van der Waals surface area contributed by atoms with Crippen LogP contribution in [-0.4, -0.2) is 18.5 Å². The van der Waals surface area contributed by atoms with Crippen LogP contribution >= 0.6 is 0 Å². The predicted octanol–water partition coefficient (Wildman–Crippen LogP) is 1.29. The summed E-state index contributed by atoms with van der Waals surface area (Å²) in [5.74, 6) is 0. The van der Waals surface area contributed by atoms with E-state index in [0.29, 0.717) is 0 Å². The van der Waals surface area contributed by atoms with Gasteiger partial charge in [0, 0.05) is 17.8 Å². The van der Waals surface area contributed by atoms with Gasteiger partial charge in [-0.2, -0.15) is 0 Å². The van der Waals surface area contributed by atoms with E-state index in [1.165, 1.54) is 0 Å². The van der Waals surface area contributed by atoms with E-state index in [1.54, 1.807) is 12.4 Å². The molecule has 0 N–H and O–H groups in total. The average molecular weight is 124 g/mol. The van der Waals surface area contributed by atoms with Crippen LogP contribution in [0.4, 0.5) is 4.79 Å². The summed E-state index contributed by atoms with van der Waals surface area (Å²) in [4.78, 5) is 17.4. The number of urea groups is 1. The van der Waals surface area contributed by atoms with Crippen molar-refractivity contribution in [2.24, 2.45) is 15.4 Å². The summed E-state index contributed by atoms with van der Waals surface area (Å²) in [7, 11) is 0. The van der Waals surface area contributed by atoms with E-state index < -0.39 is 6.03 Å². The average Bonchev–Trinajstić information content (AvgIpc) is 1.78. The van der Waals surface area contributed by atoms with Crippen molar-refractivity contribution in [3.05, 3.63) is 0 Å². The van der Waals surface area contributed by atoms with Crippen molar-refractivity contribution >= 4 is 18.5 Å². The molecule has 9 heavy (non-hydrogen) atoms. The van der Waals surface area contributed by atoms with Crippen LogP contribution in [0.15, 0.2) is 9.98 Å². The van der Waals surface area contributed by atoms with E-state index in [1.807, 2.05) is 13.8 Å². The molecule has 48 valence electrons. The highest BCUT2D eigenvalue weighted by atomic mass is 16.2. The SMILES string of the molecule is CC1(C)C=NC(=O)N=C1. The molecule has 1 rings (SSSR count). The van der Waals surface area contributed by atoms with E-state index in [2.05, 4.69) is 9.98 Å². The number of rotatable bonds is 0. The van der Waals surface area contributed by atoms with Crippen molar-refractivity contribution in [3.8, 4) is 0 Å². The van der Waals surface area contributed by atoms with Gasteiger partial charge >= 0.3 is 6.03 Å². The van der Waals surface area contributed by atoms with Gasteiger partial charge in [0.2, 0.25) is 0 Å². The number of hydrogen-bond donors (Lipinski definition) is 0. The van der Waals surface area contributed by atoms with Crippen molar-refractivity contribution in [3.63, 3.8) is 0 Å². The number of carbonyl (C=O) groups is 1. The lowest BCUT2D eigenvalue weighted by Crippen LogP contribution is -2.19. The summed E-state index contributed by atoms with van der Waals surface area (Å²) in [5.41, 5.74) is -0.145. The van der Waals surface area contributed by atoms with E-state index in [0.717, 1.165) is 0 Å². The van der Waals surface area contributed by atoms with Crippen molar-refractivity contribution < 1.29 is 4.79 Å². The first kappa shape index (κ1) is 6.13. The number of hydrogen-bond acceptors (Lipinski definition) is 1. The maximum atomic E-state index is 10.4. The molecule has 0 radical (unpaired) electrons. The van der Waals surface area contributed by atoms with Crippen LogP contribution in [0.1, 0.15) is 13.8 Å². The third-order valence-electron chi connectivity index (χ3n) is 1.02. The summed E-state index contributed by atoms with van der Waals surface area (Å²) < 4.78 is 0. The molecular formula is C6H8N2O. The van der Waals surface area contributed by atoms with Crippen LogP contribution in [0.25, 0.3) is 0 Å². The van der Waals surface area contributed by atoms with Gasteiger partial charge in [-0.25, -0.2) is 14.8 Å². The second-order valence-electron chi connectivity index (χ2n) is 2.62. The van der Waals surface area contributed by atoms with Gasteiger partial charge < -0.3 is 0 Å².